The smallest absolute Gasteiger partial charge is 0.115 e. The predicted octanol–water partition coefficient (Wildman–Crippen LogP) is 3.18. The Morgan fingerprint density at radius 2 is 1.92 bits per heavy atom. The van der Waals surface area contributed by atoms with E-state index in [4.69, 9.17) is 5.11 Å². The van der Waals surface area contributed by atoms with E-state index in [2.05, 4.69) is 13.2 Å². The summed E-state index contributed by atoms with van der Waals surface area (Å²) in [5.41, 5.74) is 0. The van der Waals surface area contributed by atoms with Crippen molar-refractivity contribution in [2.75, 3.05) is 0 Å². The van der Waals surface area contributed by atoms with Crippen molar-refractivity contribution in [3.63, 3.8) is 0 Å². The Kier molecular flexibility index (Phi) is 3.00. The molecule has 62 valence electrons. The molecule has 1 N–H and O–H groups in total. The Morgan fingerprint density at radius 3 is 2.42 bits per heavy atom. The largest absolute Gasteiger partial charge is 0.508 e. The molecule has 0 radical (unpaired) electrons. The van der Waals surface area contributed by atoms with Gasteiger partial charge < -0.3 is 5.11 Å². The summed E-state index contributed by atoms with van der Waals surface area (Å²) in [5, 5.41) is 9.00. The Morgan fingerprint density at radius 1 is 1.33 bits per heavy atom. The van der Waals surface area contributed by atoms with Crippen LogP contribution in [0.4, 0.5) is 0 Å². The maximum absolute atomic E-state index is 9.00. The zero-order valence-electron chi connectivity index (χ0n) is 6.66. The van der Waals surface area contributed by atoms with Crippen LogP contribution < -0.4 is 0 Å². The fourth-order valence-electron chi connectivity index (χ4n) is 0.707. The molecule has 0 heterocycles. The van der Waals surface area contributed by atoms with Gasteiger partial charge in [0.1, 0.15) is 5.75 Å². The summed E-state index contributed by atoms with van der Waals surface area (Å²) in [4.78, 5) is 1.96. The van der Waals surface area contributed by atoms with E-state index < -0.39 is 0 Å². The van der Waals surface area contributed by atoms with Crippen LogP contribution in [0, 0.1) is 0 Å². The number of thioether (sulfide) groups is 1. The average molecular weight is 178 g/mol. The van der Waals surface area contributed by atoms with Gasteiger partial charge in [0.05, 0.1) is 0 Å². The van der Waals surface area contributed by atoms with Gasteiger partial charge in [0.15, 0.2) is 0 Å². The third kappa shape index (κ3) is 2.47. The van der Waals surface area contributed by atoms with Crippen molar-refractivity contribution in [3.05, 3.63) is 48.4 Å². The lowest BCUT2D eigenvalue weighted by Gasteiger charge is -1.99. The van der Waals surface area contributed by atoms with E-state index in [1.54, 1.807) is 18.2 Å². The molecule has 0 spiro atoms. The molecule has 0 amide bonds. The highest BCUT2D eigenvalue weighted by atomic mass is 32.2. The van der Waals surface area contributed by atoms with Crippen LogP contribution in [0.5, 0.6) is 5.75 Å². The van der Waals surface area contributed by atoms with Gasteiger partial charge in [0, 0.05) is 9.80 Å². The van der Waals surface area contributed by atoms with E-state index in [0.29, 0.717) is 0 Å². The highest BCUT2D eigenvalue weighted by Crippen LogP contribution is 2.26. The molecule has 1 rings (SSSR count). The first-order chi connectivity index (χ1) is 5.72. The molecule has 0 aliphatic carbocycles. The summed E-state index contributed by atoms with van der Waals surface area (Å²) < 4.78 is 0. The Hall–Kier alpha value is -1.15. The van der Waals surface area contributed by atoms with Gasteiger partial charge in [-0.25, -0.2) is 0 Å². The standard InChI is InChI=1S/C10H10OS/c1-3-8(2)12-10-6-4-9(11)5-7-10/h3-7,11H,1-2H2. The normalized spacial score (nSPS) is 9.33. The quantitative estimate of drug-likeness (QED) is 0.566. The zero-order valence-corrected chi connectivity index (χ0v) is 7.47. The van der Waals surface area contributed by atoms with Gasteiger partial charge in [0.25, 0.3) is 0 Å². The fraction of sp³-hybridized carbons (Fsp3) is 0. The van der Waals surface area contributed by atoms with Gasteiger partial charge in [-0.15, -0.1) is 0 Å². The lowest BCUT2D eigenvalue weighted by Crippen LogP contribution is -1.70. The van der Waals surface area contributed by atoms with Crippen LogP contribution in [-0.2, 0) is 0 Å². The van der Waals surface area contributed by atoms with Gasteiger partial charge in [-0.05, 0) is 24.3 Å². The lowest BCUT2D eigenvalue weighted by molar-refractivity contribution is 0.475. The summed E-state index contributed by atoms with van der Waals surface area (Å²) >= 11 is 1.53. The minimum atomic E-state index is 0.281. The predicted molar refractivity (Wildman–Crippen MR) is 53.3 cm³/mol. The van der Waals surface area contributed by atoms with E-state index in [1.807, 2.05) is 12.1 Å². The van der Waals surface area contributed by atoms with E-state index >= 15 is 0 Å². The van der Waals surface area contributed by atoms with Gasteiger partial charge in [0.2, 0.25) is 0 Å². The van der Waals surface area contributed by atoms with Crippen LogP contribution in [0.25, 0.3) is 0 Å². The Bertz CT molecular complexity index is 287. The molecular weight excluding hydrogens is 168 g/mol. The molecule has 2 heteroatoms. The van der Waals surface area contributed by atoms with Crippen molar-refractivity contribution in [3.8, 4) is 5.75 Å². The minimum Gasteiger partial charge on any atom is -0.508 e. The van der Waals surface area contributed by atoms with Gasteiger partial charge in [-0.1, -0.05) is 31.0 Å². The van der Waals surface area contributed by atoms with Crippen LogP contribution >= 0.6 is 11.8 Å². The zero-order chi connectivity index (χ0) is 8.97. The molecule has 0 aliphatic heterocycles. The van der Waals surface area contributed by atoms with Crippen molar-refractivity contribution < 1.29 is 5.11 Å². The molecule has 0 bridgehead atoms. The molecule has 0 saturated heterocycles. The summed E-state index contributed by atoms with van der Waals surface area (Å²) in [6.45, 7) is 7.38. The molecule has 0 saturated carbocycles. The molecular formula is C10H10OS. The van der Waals surface area contributed by atoms with E-state index in [0.717, 1.165) is 9.80 Å². The number of hydrogen-bond acceptors (Lipinski definition) is 2. The van der Waals surface area contributed by atoms with E-state index in [9.17, 15) is 0 Å². The maximum Gasteiger partial charge on any atom is 0.115 e. The first-order valence-corrected chi connectivity index (χ1v) is 4.32. The number of aromatic hydroxyl groups is 1. The van der Waals surface area contributed by atoms with Crippen LogP contribution in [0.15, 0.2) is 53.3 Å². The third-order valence-electron chi connectivity index (χ3n) is 1.31. The highest BCUT2D eigenvalue weighted by Gasteiger charge is 1.94. The second kappa shape index (κ2) is 4.02. The fourth-order valence-corrected chi connectivity index (χ4v) is 1.37. The number of phenols is 1. The van der Waals surface area contributed by atoms with Crippen LogP contribution in [0.2, 0.25) is 0 Å². The van der Waals surface area contributed by atoms with Gasteiger partial charge in [-0.2, -0.15) is 0 Å². The summed E-state index contributed by atoms with van der Waals surface area (Å²) in [5.74, 6) is 0.281. The monoisotopic (exact) mass is 178 g/mol. The van der Waals surface area contributed by atoms with Gasteiger partial charge >= 0.3 is 0 Å². The Labute approximate surface area is 76.4 Å². The molecule has 12 heavy (non-hydrogen) atoms. The van der Waals surface area contributed by atoms with Crippen LogP contribution in [-0.4, -0.2) is 5.11 Å². The van der Waals surface area contributed by atoms with Crippen molar-refractivity contribution >= 4 is 11.8 Å². The maximum atomic E-state index is 9.00. The van der Waals surface area contributed by atoms with Gasteiger partial charge in [-0.3, -0.25) is 0 Å². The lowest BCUT2D eigenvalue weighted by atomic mass is 10.3. The van der Waals surface area contributed by atoms with Crippen molar-refractivity contribution in [2.45, 2.75) is 4.90 Å². The molecule has 0 fully saturated rings. The SMILES string of the molecule is C=CC(=C)Sc1ccc(O)cc1. The molecule has 0 unspecified atom stereocenters. The Balaban J connectivity index is 2.71. The molecule has 0 atom stereocenters. The van der Waals surface area contributed by atoms with Crippen molar-refractivity contribution in [1.82, 2.24) is 0 Å². The number of benzene rings is 1. The summed E-state index contributed by atoms with van der Waals surface area (Å²) in [6, 6.07) is 6.99. The highest BCUT2D eigenvalue weighted by molar-refractivity contribution is 8.03. The third-order valence-corrected chi connectivity index (χ3v) is 2.25. The molecule has 0 aromatic heterocycles. The number of allylic oxidation sites excluding steroid dienone is 1. The molecule has 1 aromatic rings. The van der Waals surface area contributed by atoms with E-state index in [-0.39, 0.29) is 5.75 Å². The van der Waals surface area contributed by atoms with Crippen molar-refractivity contribution in [2.24, 2.45) is 0 Å². The first kappa shape index (κ1) is 8.94. The first-order valence-electron chi connectivity index (χ1n) is 3.50. The second-order valence-electron chi connectivity index (χ2n) is 2.27. The average Bonchev–Trinajstić information content (AvgIpc) is 2.09. The molecule has 1 aromatic carbocycles. The molecule has 0 aliphatic rings. The van der Waals surface area contributed by atoms with Crippen LogP contribution in [0.3, 0.4) is 0 Å². The number of phenolic OH excluding ortho intramolecular Hbond substituents is 1. The second-order valence-corrected chi connectivity index (χ2v) is 3.47. The number of hydrogen-bond donors (Lipinski definition) is 1. The van der Waals surface area contributed by atoms with Crippen molar-refractivity contribution in [1.29, 1.82) is 0 Å². The molecule has 1 nitrogen and oxygen atoms in total. The summed E-state index contributed by atoms with van der Waals surface area (Å²) in [7, 11) is 0. The topological polar surface area (TPSA) is 20.2 Å². The van der Waals surface area contributed by atoms with Crippen LogP contribution in [0.1, 0.15) is 0 Å². The summed E-state index contributed by atoms with van der Waals surface area (Å²) in [6.07, 6.45) is 1.71. The van der Waals surface area contributed by atoms with E-state index in [1.165, 1.54) is 11.8 Å². The minimum absolute atomic E-state index is 0.281. The number of rotatable bonds is 3.